The molecule has 1 saturated heterocycles. The van der Waals surface area contributed by atoms with Crippen molar-refractivity contribution in [3.63, 3.8) is 0 Å². The molecule has 5 nitrogen and oxygen atoms in total. The minimum absolute atomic E-state index is 0.235. The third-order valence-electron chi connectivity index (χ3n) is 5.22. The fourth-order valence-electron chi connectivity index (χ4n) is 3.38. The van der Waals surface area contributed by atoms with Gasteiger partial charge in [0, 0.05) is 37.4 Å². The number of hydrogen-bond acceptors (Lipinski definition) is 4. The number of benzene rings is 2. The highest BCUT2D eigenvalue weighted by Gasteiger charge is 2.18. The Hall–Kier alpha value is -2.15. The van der Waals surface area contributed by atoms with Gasteiger partial charge >= 0.3 is 0 Å². The van der Waals surface area contributed by atoms with Crippen molar-refractivity contribution < 1.29 is 4.79 Å². The van der Waals surface area contributed by atoms with E-state index < -0.39 is 0 Å². The molecular formula is C22H27ClN4OS. The lowest BCUT2D eigenvalue weighted by atomic mass is 10.1. The Morgan fingerprint density at radius 2 is 1.76 bits per heavy atom. The van der Waals surface area contributed by atoms with Gasteiger partial charge in [0.05, 0.1) is 10.7 Å². The molecule has 2 N–H and O–H groups in total. The third kappa shape index (κ3) is 5.69. The Morgan fingerprint density at radius 1 is 1.07 bits per heavy atom. The Bertz CT molecular complexity index is 864. The second-order valence-electron chi connectivity index (χ2n) is 7.05. The number of nitrogens with one attached hydrogen (secondary N) is 2. The number of rotatable bonds is 5. The number of halogens is 1. The van der Waals surface area contributed by atoms with Gasteiger partial charge < -0.3 is 15.1 Å². The molecule has 1 amide bonds. The van der Waals surface area contributed by atoms with Crippen LogP contribution in [-0.2, 0) is 6.42 Å². The zero-order chi connectivity index (χ0) is 20.8. The number of hydrogen-bond donors (Lipinski definition) is 2. The fraction of sp³-hybridized carbons (Fsp3) is 0.364. The minimum Gasteiger partial charge on any atom is -0.368 e. The fourth-order valence-corrected chi connectivity index (χ4v) is 3.89. The van der Waals surface area contributed by atoms with Crippen LogP contribution >= 0.6 is 23.8 Å². The Kier molecular flexibility index (Phi) is 7.47. The molecule has 0 spiro atoms. The van der Waals surface area contributed by atoms with Gasteiger partial charge in [0.1, 0.15) is 0 Å². The van der Waals surface area contributed by atoms with Crippen LogP contribution in [0.2, 0.25) is 5.02 Å². The topological polar surface area (TPSA) is 47.6 Å². The van der Waals surface area contributed by atoms with Crippen molar-refractivity contribution in [2.45, 2.75) is 20.3 Å². The summed E-state index contributed by atoms with van der Waals surface area (Å²) < 4.78 is 0. The highest BCUT2D eigenvalue weighted by atomic mass is 35.5. The summed E-state index contributed by atoms with van der Waals surface area (Å²) in [5.74, 6) is -0.235. The van der Waals surface area contributed by atoms with E-state index in [2.05, 4.69) is 34.3 Å². The summed E-state index contributed by atoms with van der Waals surface area (Å²) >= 11 is 11.8. The molecule has 0 saturated carbocycles. The minimum atomic E-state index is -0.235. The largest absolute Gasteiger partial charge is 0.368 e. The van der Waals surface area contributed by atoms with Gasteiger partial charge in [-0.2, -0.15) is 0 Å². The van der Waals surface area contributed by atoms with E-state index >= 15 is 0 Å². The molecule has 2 aromatic rings. The maximum atomic E-state index is 12.3. The quantitative estimate of drug-likeness (QED) is 0.697. The molecular weight excluding hydrogens is 404 g/mol. The summed E-state index contributed by atoms with van der Waals surface area (Å²) in [6, 6.07) is 13.3. The van der Waals surface area contributed by atoms with Crippen molar-refractivity contribution in [3.8, 4) is 0 Å². The molecule has 0 radical (unpaired) electrons. The number of amides is 1. The Balaban J connectivity index is 1.57. The molecule has 1 aliphatic rings. The van der Waals surface area contributed by atoms with Gasteiger partial charge in [-0.15, -0.1) is 0 Å². The van der Waals surface area contributed by atoms with Crippen molar-refractivity contribution in [2.24, 2.45) is 0 Å². The first-order chi connectivity index (χ1) is 14.0. The lowest BCUT2D eigenvalue weighted by molar-refractivity contribution is 0.0977. The van der Waals surface area contributed by atoms with Crippen LogP contribution in [0.1, 0.15) is 29.8 Å². The smallest absolute Gasteiger partial charge is 0.257 e. The number of carbonyl (C=O) groups is 1. The molecule has 154 valence electrons. The summed E-state index contributed by atoms with van der Waals surface area (Å²) in [4.78, 5) is 17.1. The number of anilines is 2. The van der Waals surface area contributed by atoms with Gasteiger partial charge in [-0.25, -0.2) is 0 Å². The standard InChI is InChI=1S/C22H27ClN4OS/c1-3-16-5-7-17(8-6-16)21(28)25-22(29)24-18-9-10-20(19(23)15-18)27-13-11-26(4-2)12-14-27/h5-10,15H,3-4,11-14H2,1-2H3,(H2,24,25,28,29). The molecule has 7 heteroatoms. The van der Waals surface area contributed by atoms with Crippen molar-refractivity contribution in [1.82, 2.24) is 10.2 Å². The maximum Gasteiger partial charge on any atom is 0.257 e. The average Bonchev–Trinajstić information content (AvgIpc) is 2.74. The summed E-state index contributed by atoms with van der Waals surface area (Å²) in [7, 11) is 0. The van der Waals surface area contributed by atoms with Gasteiger partial charge in [-0.3, -0.25) is 10.1 Å². The molecule has 0 aromatic heterocycles. The zero-order valence-corrected chi connectivity index (χ0v) is 18.4. The van der Waals surface area contributed by atoms with Gasteiger partial charge in [0.15, 0.2) is 5.11 Å². The molecule has 2 aromatic carbocycles. The second kappa shape index (κ2) is 10.1. The van der Waals surface area contributed by atoms with E-state index in [4.69, 9.17) is 23.8 Å². The van der Waals surface area contributed by atoms with Gasteiger partial charge in [0.25, 0.3) is 5.91 Å². The predicted octanol–water partition coefficient (Wildman–Crippen LogP) is 4.17. The summed E-state index contributed by atoms with van der Waals surface area (Å²) in [5, 5.41) is 6.67. The molecule has 0 aliphatic carbocycles. The number of carbonyl (C=O) groups excluding carboxylic acids is 1. The van der Waals surface area contributed by atoms with E-state index in [1.165, 1.54) is 5.56 Å². The molecule has 1 fully saturated rings. The van der Waals surface area contributed by atoms with Crippen LogP contribution in [0, 0.1) is 0 Å². The van der Waals surface area contributed by atoms with Gasteiger partial charge in [0.2, 0.25) is 0 Å². The van der Waals surface area contributed by atoms with E-state index in [-0.39, 0.29) is 11.0 Å². The summed E-state index contributed by atoms with van der Waals surface area (Å²) in [5.41, 5.74) is 3.54. The van der Waals surface area contributed by atoms with Crippen LogP contribution in [0.3, 0.4) is 0 Å². The normalized spacial score (nSPS) is 14.5. The number of aryl methyl sites for hydroxylation is 1. The average molecular weight is 431 g/mol. The highest BCUT2D eigenvalue weighted by Crippen LogP contribution is 2.29. The first-order valence-corrected chi connectivity index (χ1v) is 10.8. The molecule has 0 bridgehead atoms. The van der Waals surface area contributed by atoms with Gasteiger partial charge in [-0.1, -0.05) is 37.6 Å². The molecule has 29 heavy (non-hydrogen) atoms. The van der Waals surface area contributed by atoms with E-state index in [9.17, 15) is 4.79 Å². The lowest BCUT2D eigenvalue weighted by Gasteiger charge is -2.36. The summed E-state index contributed by atoms with van der Waals surface area (Å²) in [6.45, 7) is 9.36. The number of nitrogens with zero attached hydrogens (tertiary/aromatic N) is 2. The van der Waals surface area contributed by atoms with Crippen molar-refractivity contribution in [3.05, 3.63) is 58.6 Å². The van der Waals surface area contributed by atoms with Crippen molar-refractivity contribution in [1.29, 1.82) is 0 Å². The first kappa shape index (κ1) is 21.6. The lowest BCUT2D eigenvalue weighted by Crippen LogP contribution is -2.46. The van der Waals surface area contributed by atoms with E-state index in [0.29, 0.717) is 10.6 Å². The number of likely N-dealkylation sites (N-methyl/N-ethyl adjacent to an activating group) is 1. The van der Waals surface area contributed by atoms with Crippen LogP contribution in [-0.4, -0.2) is 48.6 Å². The van der Waals surface area contributed by atoms with E-state index in [1.807, 2.05) is 30.3 Å². The van der Waals surface area contributed by atoms with E-state index in [1.54, 1.807) is 12.1 Å². The summed E-state index contributed by atoms with van der Waals surface area (Å²) in [6.07, 6.45) is 0.937. The van der Waals surface area contributed by atoms with Crippen LogP contribution in [0.15, 0.2) is 42.5 Å². The monoisotopic (exact) mass is 430 g/mol. The molecule has 0 atom stereocenters. The Labute approximate surface area is 183 Å². The van der Waals surface area contributed by atoms with Crippen molar-refractivity contribution >= 4 is 46.2 Å². The molecule has 1 aliphatic heterocycles. The van der Waals surface area contributed by atoms with Crippen LogP contribution in [0.5, 0.6) is 0 Å². The van der Waals surface area contributed by atoms with Crippen molar-refractivity contribution in [2.75, 3.05) is 42.9 Å². The molecule has 0 unspecified atom stereocenters. The highest BCUT2D eigenvalue weighted by molar-refractivity contribution is 7.80. The zero-order valence-electron chi connectivity index (χ0n) is 16.9. The second-order valence-corrected chi connectivity index (χ2v) is 7.86. The van der Waals surface area contributed by atoms with Crippen LogP contribution < -0.4 is 15.5 Å². The first-order valence-electron chi connectivity index (χ1n) is 9.98. The van der Waals surface area contributed by atoms with Crippen LogP contribution in [0.4, 0.5) is 11.4 Å². The number of piperazine rings is 1. The third-order valence-corrected chi connectivity index (χ3v) is 5.72. The maximum absolute atomic E-state index is 12.3. The number of thiocarbonyl (C=S) groups is 1. The SMILES string of the molecule is CCc1ccc(C(=O)NC(=S)Nc2ccc(N3CCN(CC)CC3)c(Cl)c2)cc1. The van der Waals surface area contributed by atoms with E-state index in [0.717, 1.165) is 50.5 Å². The Morgan fingerprint density at radius 3 is 2.34 bits per heavy atom. The van der Waals surface area contributed by atoms with Crippen LogP contribution in [0.25, 0.3) is 0 Å². The molecule has 1 heterocycles. The predicted molar refractivity (Wildman–Crippen MR) is 125 cm³/mol. The molecule has 3 rings (SSSR count). The van der Waals surface area contributed by atoms with Gasteiger partial charge in [-0.05, 0) is 61.1 Å².